The van der Waals surface area contributed by atoms with Gasteiger partial charge in [0.2, 0.25) is 0 Å². The van der Waals surface area contributed by atoms with Gasteiger partial charge in [-0.3, -0.25) is 15.5 Å². The first-order chi connectivity index (χ1) is 11.0. The van der Waals surface area contributed by atoms with Gasteiger partial charge in [0.15, 0.2) is 5.11 Å². The van der Waals surface area contributed by atoms with Gasteiger partial charge in [-0.1, -0.05) is 34.1 Å². The van der Waals surface area contributed by atoms with Gasteiger partial charge in [-0.05, 0) is 36.2 Å². The maximum absolute atomic E-state index is 11.3. The van der Waals surface area contributed by atoms with Gasteiger partial charge >= 0.3 is 0 Å². The van der Waals surface area contributed by atoms with Gasteiger partial charge in [-0.15, -0.1) is 0 Å². The molecule has 0 aliphatic rings. The number of nitrogens with one attached hydrogen (secondary N) is 2. The summed E-state index contributed by atoms with van der Waals surface area (Å²) in [4.78, 5) is 9.97. The highest BCUT2D eigenvalue weighted by atomic mass is 79.9. The van der Waals surface area contributed by atoms with Crippen molar-refractivity contribution in [1.82, 2.24) is 5.43 Å². The fraction of sp³-hybridized carbons (Fsp3) is 0. The van der Waals surface area contributed by atoms with Crippen LogP contribution >= 0.6 is 28.1 Å². The standard InChI is InChI=1S/C14H11BrN4O3S/c15-10-2-1-3-11(7-10)17-14(23)18-16-8-9-4-5-13(20)12(6-9)19(21)22/h1-8,20H,(H2,17,18,23)/p-1/b16-8-. The number of hydrogen-bond donors (Lipinski definition) is 2. The molecule has 9 heteroatoms. The van der Waals surface area contributed by atoms with Crippen molar-refractivity contribution in [2.75, 3.05) is 5.32 Å². The Hall–Kier alpha value is -2.52. The third-order valence-electron chi connectivity index (χ3n) is 2.64. The van der Waals surface area contributed by atoms with Crippen molar-refractivity contribution in [3.63, 3.8) is 0 Å². The van der Waals surface area contributed by atoms with Crippen molar-refractivity contribution in [1.29, 1.82) is 0 Å². The second-order valence-corrected chi connectivity index (χ2v) is 5.64. The van der Waals surface area contributed by atoms with Gasteiger partial charge in [0.1, 0.15) is 0 Å². The van der Waals surface area contributed by atoms with Gasteiger partial charge in [-0.25, -0.2) is 0 Å². The van der Waals surface area contributed by atoms with Crippen LogP contribution in [-0.2, 0) is 0 Å². The number of nitrogens with zero attached hydrogens (tertiary/aromatic N) is 2. The summed E-state index contributed by atoms with van der Waals surface area (Å²) in [5.41, 5.74) is 3.28. The third-order valence-corrected chi connectivity index (χ3v) is 3.33. The smallest absolute Gasteiger partial charge is 0.262 e. The summed E-state index contributed by atoms with van der Waals surface area (Å²) in [5.74, 6) is -0.646. The molecule has 2 rings (SSSR count). The molecule has 2 N–H and O–H groups in total. The molecule has 0 bridgehead atoms. The zero-order valence-electron chi connectivity index (χ0n) is 11.5. The van der Waals surface area contributed by atoms with Crippen LogP contribution in [0, 0.1) is 10.1 Å². The molecule has 23 heavy (non-hydrogen) atoms. The van der Waals surface area contributed by atoms with Crippen molar-refractivity contribution in [2.45, 2.75) is 0 Å². The highest BCUT2D eigenvalue weighted by Gasteiger charge is 2.06. The van der Waals surface area contributed by atoms with E-state index in [9.17, 15) is 15.2 Å². The first-order valence-corrected chi connectivity index (χ1v) is 7.47. The summed E-state index contributed by atoms with van der Waals surface area (Å²) in [5, 5.41) is 29.0. The van der Waals surface area contributed by atoms with Crippen LogP contribution in [0.25, 0.3) is 0 Å². The van der Waals surface area contributed by atoms with E-state index in [1.54, 1.807) is 0 Å². The Balaban J connectivity index is 1.97. The number of anilines is 1. The molecule has 0 spiro atoms. The molecule has 0 saturated carbocycles. The largest absolute Gasteiger partial charge is 0.868 e. The predicted molar refractivity (Wildman–Crippen MR) is 93.6 cm³/mol. The minimum absolute atomic E-state index is 0.259. The van der Waals surface area contributed by atoms with Gasteiger partial charge in [-0.2, -0.15) is 5.10 Å². The van der Waals surface area contributed by atoms with E-state index in [0.29, 0.717) is 5.56 Å². The number of thiocarbonyl (C=S) groups is 1. The van der Waals surface area contributed by atoms with Crippen LogP contribution in [0.3, 0.4) is 0 Å². The van der Waals surface area contributed by atoms with E-state index in [4.69, 9.17) is 12.2 Å². The molecule has 7 nitrogen and oxygen atoms in total. The van der Waals surface area contributed by atoms with E-state index in [2.05, 4.69) is 31.8 Å². The Labute approximate surface area is 145 Å². The zero-order valence-corrected chi connectivity index (χ0v) is 13.9. The fourth-order valence-electron chi connectivity index (χ4n) is 1.65. The Bertz CT molecular complexity index is 782. The third kappa shape index (κ3) is 5.01. The Morgan fingerprint density at radius 1 is 1.30 bits per heavy atom. The van der Waals surface area contributed by atoms with Gasteiger partial charge in [0.25, 0.3) is 5.69 Å². The number of rotatable bonds is 4. The second kappa shape index (κ2) is 7.65. The number of halogens is 1. The summed E-state index contributed by atoms with van der Waals surface area (Å²) in [6.45, 7) is 0. The molecule has 0 saturated heterocycles. The molecule has 2 aromatic carbocycles. The summed E-state index contributed by atoms with van der Waals surface area (Å²) < 4.78 is 0.902. The monoisotopic (exact) mass is 393 g/mol. The van der Waals surface area contributed by atoms with Crippen LogP contribution in [-0.4, -0.2) is 16.3 Å². The van der Waals surface area contributed by atoms with Crippen LogP contribution < -0.4 is 15.8 Å². The zero-order chi connectivity index (χ0) is 16.8. The first kappa shape index (κ1) is 16.8. The fourth-order valence-corrected chi connectivity index (χ4v) is 2.22. The molecule has 0 amide bonds. The number of nitro benzene ring substituents is 1. The molecule has 2 aromatic rings. The molecule has 0 aliphatic heterocycles. The van der Waals surface area contributed by atoms with Crippen molar-refractivity contribution in [3.05, 3.63) is 62.6 Å². The average Bonchev–Trinajstić information content (AvgIpc) is 2.48. The van der Waals surface area contributed by atoms with Crippen LogP contribution in [0.4, 0.5) is 11.4 Å². The lowest BCUT2D eigenvalue weighted by molar-refractivity contribution is -0.398. The SMILES string of the molecule is O=[N+]([O-])c1cc(/C=N\NC(=S)Nc2cccc(Br)c2)ccc1[O-]. The summed E-state index contributed by atoms with van der Waals surface area (Å²) in [6.07, 6.45) is 1.33. The van der Waals surface area contributed by atoms with Crippen molar-refractivity contribution >= 4 is 50.8 Å². The van der Waals surface area contributed by atoms with Crippen molar-refractivity contribution in [2.24, 2.45) is 5.10 Å². The highest BCUT2D eigenvalue weighted by Crippen LogP contribution is 2.22. The lowest BCUT2D eigenvalue weighted by atomic mass is 10.2. The van der Waals surface area contributed by atoms with E-state index in [-0.39, 0.29) is 5.11 Å². The Morgan fingerprint density at radius 3 is 2.78 bits per heavy atom. The maximum atomic E-state index is 11.3. The molecular formula is C14H10BrN4O3S-. The summed E-state index contributed by atoms with van der Waals surface area (Å²) in [6, 6.07) is 11.1. The Morgan fingerprint density at radius 2 is 2.09 bits per heavy atom. The predicted octanol–water partition coefficient (Wildman–Crippen LogP) is 2.75. The minimum Gasteiger partial charge on any atom is -0.868 e. The molecule has 0 radical (unpaired) electrons. The van der Waals surface area contributed by atoms with Crippen molar-refractivity contribution in [3.8, 4) is 5.75 Å². The Kier molecular flexibility index (Phi) is 5.61. The molecule has 0 aliphatic carbocycles. The van der Waals surface area contributed by atoms with E-state index >= 15 is 0 Å². The van der Waals surface area contributed by atoms with Gasteiger partial charge < -0.3 is 10.4 Å². The van der Waals surface area contributed by atoms with Gasteiger partial charge in [0.05, 0.1) is 11.1 Å². The normalized spacial score (nSPS) is 10.5. The molecule has 118 valence electrons. The average molecular weight is 394 g/mol. The van der Waals surface area contributed by atoms with E-state index < -0.39 is 16.4 Å². The van der Waals surface area contributed by atoms with E-state index in [1.165, 1.54) is 12.3 Å². The molecule has 0 heterocycles. The van der Waals surface area contributed by atoms with Crippen LogP contribution in [0.1, 0.15) is 5.56 Å². The number of nitro groups is 1. The highest BCUT2D eigenvalue weighted by molar-refractivity contribution is 9.10. The molecule has 0 unspecified atom stereocenters. The lowest BCUT2D eigenvalue weighted by Gasteiger charge is -2.07. The topological polar surface area (TPSA) is 103 Å². The van der Waals surface area contributed by atoms with Crippen LogP contribution in [0.15, 0.2) is 52.0 Å². The number of hydrogen-bond acceptors (Lipinski definition) is 5. The maximum Gasteiger partial charge on any atom is 0.262 e. The quantitative estimate of drug-likeness (QED) is 0.358. The first-order valence-electron chi connectivity index (χ1n) is 6.27. The summed E-state index contributed by atoms with van der Waals surface area (Å²) in [7, 11) is 0. The van der Waals surface area contributed by atoms with E-state index in [0.717, 1.165) is 22.3 Å². The van der Waals surface area contributed by atoms with E-state index in [1.807, 2.05) is 24.3 Å². The van der Waals surface area contributed by atoms with Crippen molar-refractivity contribution < 1.29 is 10.0 Å². The molecular weight excluding hydrogens is 384 g/mol. The molecule has 0 aromatic heterocycles. The van der Waals surface area contributed by atoms with Crippen LogP contribution in [0.5, 0.6) is 5.75 Å². The van der Waals surface area contributed by atoms with Crippen LogP contribution in [0.2, 0.25) is 0 Å². The number of benzene rings is 2. The summed E-state index contributed by atoms with van der Waals surface area (Å²) >= 11 is 8.42. The molecule has 0 fully saturated rings. The molecule has 0 atom stereocenters. The second-order valence-electron chi connectivity index (χ2n) is 4.32. The minimum atomic E-state index is -0.730. The number of hydrazone groups is 1. The lowest BCUT2D eigenvalue weighted by Crippen LogP contribution is -2.23. The van der Waals surface area contributed by atoms with Gasteiger partial charge in [0, 0.05) is 21.8 Å².